The van der Waals surface area contributed by atoms with Gasteiger partial charge in [0.1, 0.15) is 0 Å². The van der Waals surface area contributed by atoms with Crippen molar-refractivity contribution in [2.24, 2.45) is 0 Å². The van der Waals surface area contributed by atoms with Gasteiger partial charge in [-0.15, -0.1) is 11.6 Å². The van der Waals surface area contributed by atoms with Gasteiger partial charge in [-0.25, -0.2) is 13.2 Å². The van der Waals surface area contributed by atoms with Gasteiger partial charge >= 0.3 is 0 Å². The van der Waals surface area contributed by atoms with Crippen LogP contribution in [0, 0.1) is 17.5 Å². The Morgan fingerprint density at radius 1 is 1.37 bits per heavy atom. The number of hydrogen-bond donors (Lipinski definition) is 1. The van der Waals surface area contributed by atoms with Crippen LogP contribution >= 0.6 is 11.6 Å². The Kier molecular flexibility index (Phi) is 6.11. The summed E-state index contributed by atoms with van der Waals surface area (Å²) in [5.41, 5.74) is -0.545. The molecule has 1 rings (SSSR count). The number of ether oxygens (including phenoxy) is 1. The Balaban J connectivity index is 2.57. The Morgan fingerprint density at radius 3 is 2.68 bits per heavy atom. The summed E-state index contributed by atoms with van der Waals surface area (Å²) in [7, 11) is 1.49. The first-order valence-corrected chi connectivity index (χ1v) is 5.95. The highest BCUT2D eigenvalue weighted by Crippen LogP contribution is 2.15. The summed E-state index contributed by atoms with van der Waals surface area (Å²) in [6.45, 7) is 0.492. The molecule has 0 fully saturated rings. The second-order valence-corrected chi connectivity index (χ2v) is 4.44. The van der Waals surface area contributed by atoms with Gasteiger partial charge in [0.25, 0.3) is 5.91 Å². The van der Waals surface area contributed by atoms with Crippen molar-refractivity contribution in [3.8, 4) is 0 Å². The van der Waals surface area contributed by atoms with Gasteiger partial charge in [0.2, 0.25) is 0 Å². The SMILES string of the molecule is COCC(Cl)CCNC(=O)c1ccc(F)c(F)c1F. The molecule has 1 unspecified atom stereocenters. The highest BCUT2D eigenvalue weighted by atomic mass is 35.5. The predicted octanol–water partition coefficient (Wildman–Crippen LogP) is 2.48. The van der Waals surface area contributed by atoms with Gasteiger partial charge < -0.3 is 10.1 Å². The maximum absolute atomic E-state index is 13.3. The van der Waals surface area contributed by atoms with E-state index in [1.807, 2.05) is 0 Å². The fraction of sp³-hybridized carbons (Fsp3) is 0.417. The van der Waals surface area contributed by atoms with Gasteiger partial charge in [0.05, 0.1) is 17.5 Å². The molecule has 3 nitrogen and oxygen atoms in total. The Hall–Kier alpha value is -1.27. The van der Waals surface area contributed by atoms with Gasteiger partial charge in [-0.05, 0) is 18.6 Å². The molecule has 0 spiro atoms. The Bertz CT molecular complexity index is 457. The van der Waals surface area contributed by atoms with Gasteiger partial charge in [-0.2, -0.15) is 0 Å². The minimum absolute atomic E-state index is 0.175. The van der Waals surface area contributed by atoms with Crippen LogP contribution < -0.4 is 5.32 Å². The predicted molar refractivity (Wildman–Crippen MR) is 64.8 cm³/mol. The van der Waals surface area contributed by atoms with E-state index in [0.717, 1.165) is 6.07 Å². The van der Waals surface area contributed by atoms with E-state index in [-0.39, 0.29) is 11.9 Å². The molecular formula is C12H13ClF3NO2. The lowest BCUT2D eigenvalue weighted by molar-refractivity contribution is 0.0946. The first-order valence-electron chi connectivity index (χ1n) is 5.52. The lowest BCUT2D eigenvalue weighted by Crippen LogP contribution is -2.28. The third-order valence-electron chi connectivity index (χ3n) is 2.37. The second kappa shape index (κ2) is 7.35. The Labute approximate surface area is 113 Å². The number of hydrogen-bond acceptors (Lipinski definition) is 2. The van der Waals surface area contributed by atoms with Crippen LogP contribution in [0.1, 0.15) is 16.8 Å². The monoisotopic (exact) mass is 295 g/mol. The normalized spacial score (nSPS) is 12.3. The smallest absolute Gasteiger partial charge is 0.254 e. The van der Waals surface area contributed by atoms with Crippen molar-refractivity contribution in [1.82, 2.24) is 5.32 Å². The molecule has 0 aliphatic carbocycles. The molecule has 0 saturated heterocycles. The topological polar surface area (TPSA) is 38.3 Å². The van der Waals surface area contributed by atoms with Crippen LogP contribution in [0.15, 0.2) is 12.1 Å². The molecule has 0 saturated carbocycles. The number of nitrogens with one attached hydrogen (secondary N) is 1. The quantitative estimate of drug-likeness (QED) is 0.647. The third-order valence-corrected chi connectivity index (χ3v) is 2.71. The zero-order valence-electron chi connectivity index (χ0n) is 10.2. The molecule has 0 heterocycles. The molecule has 19 heavy (non-hydrogen) atoms. The number of carbonyl (C=O) groups is 1. The van der Waals surface area contributed by atoms with Gasteiger partial charge in [-0.3, -0.25) is 4.79 Å². The van der Waals surface area contributed by atoms with Crippen LogP contribution in [0.4, 0.5) is 13.2 Å². The largest absolute Gasteiger partial charge is 0.383 e. The fourth-order valence-corrected chi connectivity index (χ4v) is 1.64. The second-order valence-electron chi connectivity index (χ2n) is 3.82. The molecule has 1 amide bonds. The zero-order valence-corrected chi connectivity index (χ0v) is 10.9. The van der Waals surface area contributed by atoms with Crippen LogP contribution in [-0.2, 0) is 4.74 Å². The minimum Gasteiger partial charge on any atom is -0.383 e. The number of alkyl halides is 1. The highest BCUT2D eigenvalue weighted by molar-refractivity contribution is 6.20. The van der Waals surface area contributed by atoms with E-state index in [2.05, 4.69) is 5.32 Å². The van der Waals surface area contributed by atoms with Crippen LogP contribution in [0.2, 0.25) is 0 Å². The molecule has 1 aromatic carbocycles. The summed E-state index contributed by atoms with van der Waals surface area (Å²) in [4.78, 5) is 11.6. The minimum atomic E-state index is -1.66. The number of methoxy groups -OCH3 is 1. The first kappa shape index (κ1) is 15.8. The number of halogens is 4. The van der Waals surface area contributed by atoms with Crippen molar-refractivity contribution in [2.45, 2.75) is 11.8 Å². The molecule has 0 radical (unpaired) electrons. The number of amides is 1. The molecule has 0 aromatic heterocycles. The summed E-state index contributed by atoms with van der Waals surface area (Å²) in [5.74, 6) is -5.33. The molecule has 1 aromatic rings. The van der Waals surface area contributed by atoms with Crippen LogP contribution in [0.3, 0.4) is 0 Å². The van der Waals surface area contributed by atoms with Crippen molar-refractivity contribution >= 4 is 17.5 Å². The summed E-state index contributed by atoms with van der Waals surface area (Å²) < 4.78 is 43.7. The lowest BCUT2D eigenvalue weighted by atomic mass is 10.2. The fourth-order valence-electron chi connectivity index (χ4n) is 1.40. The molecule has 0 aliphatic rings. The maximum Gasteiger partial charge on any atom is 0.254 e. The van der Waals surface area contributed by atoms with Crippen LogP contribution in [0.25, 0.3) is 0 Å². The standard InChI is InChI=1S/C12H13ClF3NO2/c1-19-6-7(13)4-5-17-12(18)8-2-3-9(14)11(16)10(8)15/h2-3,7H,4-6H2,1H3,(H,17,18). The average molecular weight is 296 g/mol. The van der Waals surface area contributed by atoms with Crippen molar-refractivity contribution in [2.75, 3.05) is 20.3 Å². The molecule has 1 N–H and O–H groups in total. The van der Waals surface area contributed by atoms with Crippen molar-refractivity contribution in [1.29, 1.82) is 0 Å². The molecular weight excluding hydrogens is 283 g/mol. The van der Waals surface area contributed by atoms with Crippen molar-refractivity contribution in [3.05, 3.63) is 35.1 Å². The van der Waals surface area contributed by atoms with E-state index in [0.29, 0.717) is 19.1 Å². The van der Waals surface area contributed by atoms with E-state index in [4.69, 9.17) is 16.3 Å². The number of carbonyl (C=O) groups excluding carboxylic acids is 1. The number of rotatable bonds is 6. The van der Waals surface area contributed by atoms with Crippen LogP contribution in [0.5, 0.6) is 0 Å². The molecule has 1 atom stereocenters. The Morgan fingerprint density at radius 2 is 2.05 bits per heavy atom. The summed E-state index contributed by atoms with van der Waals surface area (Å²) in [5, 5.41) is 2.08. The highest BCUT2D eigenvalue weighted by Gasteiger charge is 2.18. The summed E-state index contributed by atoms with van der Waals surface area (Å²) in [6.07, 6.45) is 0.409. The number of benzene rings is 1. The van der Waals surface area contributed by atoms with E-state index in [1.165, 1.54) is 7.11 Å². The van der Waals surface area contributed by atoms with Gasteiger partial charge in [0, 0.05) is 13.7 Å². The lowest BCUT2D eigenvalue weighted by Gasteiger charge is -2.10. The van der Waals surface area contributed by atoms with Gasteiger partial charge in [0.15, 0.2) is 17.5 Å². The first-order chi connectivity index (χ1) is 8.97. The van der Waals surface area contributed by atoms with E-state index in [1.54, 1.807) is 0 Å². The molecule has 7 heteroatoms. The van der Waals surface area contributed by atoms with E-state index in [9.17, 15) is 18.0 Å². The summed E-state index contributed by atoms with van der Waals surface area (Å²) in [6, 6.07) is 1.58. The molecule has 0 bridgehead atoms. The van der Waals surface area contributed by atoms with E-state index >= 15 is 0 Å². The molecule has 0 aliphatic heterocycles. The van der Waals surface area contributed by atoms with Crippen molar-refractivity contribution < 1.29 is 22.7 Å². The summed E-state index contributed by atoms with van der Waals surface area (Å²) >= 11 is 5.83. The maximum atomic E-state index is 13.3. The zero-order chi connectivity index (χ0) is 14.4. The van der Waals surface area contributed by atoms with Crippen molar-refractivity contribution in [3.63, 3.8) is 0 Å². The third kappa shape index (κ3) is 4.40. The van der Waals surface area contributed by atoms with E-state index < -0.39 is 28.9 Å². The molecule has 106 valence electrons. The van der Waals surface area contributed by atoms with Gasteiger partial charge in [-0.1, -0.05) is 0 Å². The average Bonchev–Trinajstić information content (AvgIpc) is 2.36. The van der Waals surface area contributed by atoms with Crippen LogP contribution in [-0.4, -0.2) is 31.5 Å².